The molecule has 1 N–H and O–H groups in total. The van der Waals surface area contributed by atoms with Crippen molar-refractivity contribution in [2.45, 2.75) is 51.9 Å². The molecular weight excluding hydrogens is 589 g/mol. The largest absolute Gasteiger partial charge is 0.573 e. The number of carbonyl (C=O) groups is 1. The number of hydrogen-bond donors (Lipinski definition) is 1. The van der Waals surface area contributed by atoms with Gasteiger partial charge in [-0.15, -0.1) is 18.3 Å². The van der Waals surface area contributed by atoms with Gasteiger partial charge < -0.3 is 15.0 Å². The Morgan fingerprint density at radius 1 is 1.05 bits per heavy atom. The molecule has 8 nitrogen and oxygen atoms in total. The first kappa shape index (κ1) is 31.1. The van der Waals surface area contributed by atoms with Crippen molar-refractivity contribution in [2.75, 3.05) is 17.2 Å². The molecule has 1 atom stereocenters. The Hall–Kier alpha value is -4.32. The number of aromatic nitrogens is 3. The Morgan fingerprint density at radius 3 is 2.48 bits per heavy atom. The molecule has 0 bridgehead atoms. The predicted octanol–water partition coefficient (Wildman–Crippen LogP) is 7.60. The van der Waals surface area contributed by atoms with E-state index in [2.05, 4.69) is 56.0 Å². The van der Waals surface area contributed by atoms with Crippen molar-refractivity contribution >= 4 is 28.6 Å². The highest BCUT2D eigenvalue weighted by Gasteiger charge is 2.31. The number of rotatable bonds is 9. The lowest BCUT2D eigenvalue weighted by molar-refractivity contribution is -0.274. The van der Waals surface area contributed by atoms with Gasteiger partial charge in [-0.25, -0.2) is 14.5 Å². The Kier molecular flexibility index (Phi) is 9.58. The van der Waals surface area contributed by atoms with Crippen molar-refractivity contribution in [3.63, 3.8) is 0 Å². The molecule has 0 aliphatic carbocycles. The summed E-state index contributed by atoms with van der Waals surface area (Å²) in [5.41, 5.74) is 4.80. The fraction of sp³-hybridized carbons (Fsp3) is 0.312. The minimum atomic E-state index is -4.74. The number of aliphatic imine (C=N–C) groups is 1. The van der Waals surface area contributed by atoms with E-state index >= 15 is 0 Å². The molecule has 4 aromatic rings. The third kappa shape index (κ3) is 7.98. The van der Waals surface area contributed by atoms with Crippen molar-refractivity contribution in [1.29, 1.82) is 0 Å². The number of amidine groups is 1. The van der Waals surface area contributed by atoms with E-state index < -0.39 is 6.36 Å². The number of thioether (sulfide) groups is 1. The molecule has 12 heteroatoms. The highest BCUT2D eigenvalue weighted by atomic mass is 32.2. The number of urea groups is 1. The standard InChI is InChI=1S/C32H33F3N6O2S/c1-21(2)27-6-4-5-7-28(27)40-18-19-44-31(40)38-30(42)37-22(3)8-9-23-10-12-24(13-11-23)29-36-20-41(39-29)25-14-16-26(17-15-25)43-32(33,34)35/h4-7,10-17,20-22H,8-9,18-19H2,1-3H3,(H,37,42). The number of benzene rings is 3. The van der Waals surface area contributed by atoms with Gasteiger partial charge in [0.2, 0.25) is 0 Å². The van der Waals surface area contributed by atoms with Crippen LogP contribution in [0.3, 0.4) is 0 Å². The second kappa shape index (κ2) is 13.5. The molecular formula is C32H33F3N6O2S. The third-order valence-corrected chi connectivity index (χ3v) is 8.06. The van der Waals surface area contributed by atoms with Crippen molar-refractivity contribution < 1.29 is 22.7 Å². The van der Waals surface area contributed by atoms with Crippen molar-refractivity contribution in [2.24, 2.45) is 4.99 Å². The molecule has 230 valence electrons. The summed E-state index contributed by atoms with van der Waals surface area (Å²) in [5, 5.41) is 8.18. The summed E-state index contributed by atoms with van der Waals surface area (Å²) in [7, 11) is 0. The van der Waals surface area contributed by atoms with Crippen molar-refractivity contribution in [3.05, 3.63) is 90.3 Å². The van der Waals surface area contributed by atoms with Gasteiger partial charge in [0.1, 0.15) is 12.1 Å². The van der Waals surface area contributed by atoms with E-state index in [-0.39, 0.29) is 17.8 Å². The SMILES string of the molecule is CC(CCc1ccc(-c2ncn(-c3ccc(OC(F)(F)F)cc3)n2)cc1)NC(=O)N=C1SCCN1c1ccccc1C(C)C. The maximum atomic E-state index is 12.8. The van der Waals surface area contributed by atoms with E-state index in [1.54, 1.807) is 11.8 Å². The Morgan fingerprint density at radius 2 is 1.77 bits per heavy atom. The molecule has 5 rings (SSSR count). The zero-order valence-electron chi connectivity index (χ0n) is 24.6. The number of anilines is 1. The van der Waals surface area contributed by atoms with Gasteiger partial charge in [0.25, 0.3) is 0 Å². The summed E-state index contributed by atoms with van der Waals surface area (Å²) in [6, 6.07) is 21.1. The van der Waals surface area contributed by atoms with Crippen LogP contribution in [-0.4, -0.2) is 50.7 Å². The van der Waals surface area contributed by atoms with Crippen LogP contribution in [0.15, 0.2) is 84.1 Å². The average Bonchev–Trinajstić information content (AvgIpc) is 3.66. The number of alkyl halides is 3. The molecule has 0 radical (unpaired) electrons. The number of halogens is 3. The van der Waals surface area contributed by atoms with Gasteiger partial charge in [-0.3, -0.25) is 0 Å². The lowest BCUT2D eigenvalue weighted by atomic mass is 10.0. The number of aryl methyl sites for hydroxylation is 1. The quantitative estimate of drug-likeness (QED) is 0.207. The molecule has 1 saturated heterocycles. The minimum Gasteiger partial charge on any atom is -0.406 e. The van der Waals surface area contributed by atoms with Gasteiger partial charge in [-0.05, 0) is 67.1 Å². The molecule has 3 aromatic carbocycles. The second-order valence-corrected chi connectivity index (χ2v) is 11.8. The van der Waals surface area contributed by atoms with Crippen LogP contribution >= 0.6 is 11.8 Å². The highest BCUT2D eigenvalue weighted by molar-refractivity contribution is 8.14. The highest BCUT2D eigenvalue weighted by Crippen LogP contribution is 2.32. The molecule has 2 heterocycles. The first-order valence-electron chi connectivity index (χ1n) is 14.3. The first-order valence-corrected chi connectivity index (χ1v) is 15.3. The van der Waals surface area contributed by atoms with E-state index in [9.17, 15) is 18.0 Å². The molecule has 1 aliphatic heterocycles. The predicted molar refractivity (Wildman–Crippen MR) is 168 cm³/mol. The van der Waals surface area contributed by atoms with Gasteiger partial charge in [0.15, 0.2) is 11.0 Å². The second-order valence-electron chi connectivity index (χ2n) is 10.7. The summed E-state index contributed by atoms with van der Waals surface area (Å²) in [6.07, 6.45) is -1.74. The van der Waals surface area contributed by atoms with Crippen molar-refractivity contribution in [3.8, 4) is 22.8 Å². The van der Waals surface area contributed by atoms with E-state index in [0.717, 1.165) is 47.1 Å². The molecule has 0 saturated carbocycles. The molecule has 1 fully saturated rings. The molecule has 2 amide bonds. The summed E-state index contributed by atoms with van der Waals surface area (Å²) < 4.78 is 42.6. The summed E-state index contributed by atoms with van der Waals surface area (Å²) in [4.78, 5) is 23.7. The third-order valence-electron chi connectivity index (χ3n) is 7.10. The molecule has 1 aromatic heterocycles. The fourth-order valence-corrected chi connectivity index (χ4v) is 5.81. The van der Waals surface area contributed by atoms with Crippen molar-refractivity contribution in [1.82, 2.24) is 20.1 Å². The molecule has 44 heavy (non-hydrogen) atoms. The van der Waals surface area contributed by atoms with Gasteiger partial charge in [0.05, 0.1) is 5.69 Å². The Bertz CT molecular complexity index is 1600. The Balaban J connectivity index is 1.14. The summed E-state index contributed by atoms with van der Waals surface area (Å²) >= 11 is 1.59. The van der Waals surface area contributed by atoms with Crippen LogP contribution in [0.5, 0.6) is 5.75 Å². The zero-order valence-corrected chi connectivity index (χ0v) is 25.4. The van der Waals surface area contributed by atoms with Crippen LogP contribution in [0, 0.1) is 0 Å². The monoisotopic (exact) mass is 622 g/mol. The number of hydrogen-bond acceptors (Lipinski definition) is 5. The van der Waals surface area contributed by atoms with Crippen LogP contribution in [0.4, 0.5) is 23.7 Å². The molecule has 1 unspecified atom stereocenters. The average molecular weight is 623 g/mol. The number of carbonyl (C=O) groups excluding carboxylic acids is 1. The zero-order chi connectivity index (χ0) is 31.3. The van der Waals surface area contributed by atoms with Gasteiger partial charge in [0, 0.05) is 29.6 Å². The first-order chi connectivity index (χ1) is 21.1. The smallest absolute Gasteiger partial charge is 0.406 e. The summed E-state index contributed by atoms with van der Waals surface area (Å²) in [6.45, 7) is 7.11. The molecule has 0 spiro atoms. The minimum absolute atomic E-state index is 0.0698. The normalized spacial score (nSPS) is 15.2. The molecule has 1 aliphatic rings. The maximum Gasteiger partial charge on any atom is 0.573 e. The number of nitrogens with zero attached hydrogens (tertiary/aromatic N) is 5. The number of para-hydroxylation sites is 1. The van der Waals surface area contributed by atoms with Crippen LogP contribution < -0.4 is 15.0 Å². The van der Waals surface area contributed by atoms with E-state index in [1.165, 1.54) is 40.8 Å². The topological polar surface area (TPSA) is 84.6 Å². The van der Waals surface area contributed by atoms with E-state index in [1.807, 2.05) is 43.3 Å². The van der Waals surface area contributed by atoms with Crippen LogP contribution in [0.2, 0.25) is 0 Å². The lowest BCUT2D eigenvalue weighted by Gasteiger charge is -2.23. The van der Waals surface area contributed by atoms with Gasteiger partial charge in [-0.1, -0.05) is 68.1 Å². The van der Waals surface area contributed by atoms with Crippen LogP contribution in [0.1, 0.15) is 44.2 Å². The van der Waals surface area contributed by atoms with Gasteiger partial charge in [-0.2, -0.15) is 4.99 Å². The van der Waals surface area contributed by atoms with E-state index in [4.69, 9.17) is 0 Å². The number of nitrogens with one attached hydrogen (secondary N) is 1. The Labute approximate surface area is 258 Å². The summed E-state index contributed by atoms with van der Waals surface area (Å²) in [5.74, 6) is 1.43. The van der Waals surface area contributed by atoms with Crippen LogP contribution in [0.25, 0.3) is 17.1 Å². The van der Waals surface area contributed by atoms with E-state index in [0.29, 0.717) is 17.4 Å². The number of ether oxygens (including phenoxy) is 1. The fourth-order valence-electron chi connectivity index (χ4n) is 4.87. The van der Waals surface area contributed by atoms with Gasteiger partial charge >= 0.3 is 12.4 Å². The lowest BCUT2D eigenvalue weighted by Crippen LogP contribution is -2.33. The number of amides is 2. The maximum absolute atomic E-state index is 12.8. The van der Waals surface area contributed by atoms with Crippen LogP contribution in [-0.2, 0) is 6.42 Å².